The lowest BCUT2D eigenvalue weighted by atomic mass is 9.85. The Balaban J connectivity index is 1.80. The van der Waals surface area contributed by atoms with Gasteiger partial charge in [-0.15, -0.1) is 0 Å². The first kappa shape index (κ1) is 9.97. The average Bonchev–Trinajstić information content (AvgIpc) is 2.71. The normalized spacial score (nSPS) is 34.6. The summed E-state index contributed by atoms with van der Waals surface area (Å²) >= 11 is 0. The largest absolute Gasteiger partial charge is 0.481 e. The van der Waals surface area contributed by atoms with Crippen LogP contribution in [0.25, 0.3) is 0 Å². The van der Waals surface area contributed by atoms with Crippen molar-refractivity contribution in [1.82, 2.24) is 4.90 Å². The Bertz CT molecular complexity index is 203. The van der Waals surface area contributed by atoms with E-state index in [-0.39, 0.29) is 5.92 Å². The molecule has 1 aliphatic carbocycles. The number of hydrogen-bond donors (Lipinski definition) is 1. The lowest BCUT2D eigenvalue weighted by molar-refractivity contribution is -0.143. The molecule has 2 fully saturated rings. The fourth-order valence-electron chi connectivity index (χ4n) is 2.79. The average molecular weight is 197 g/mol. The van der Waals surface area contributed by atoms with Gasteiger partial charge in [0.2, 0.25) is 0 Å². The first-order chi connectivity index (χ1) is 6.77. The third-order valence-electron chi connectivity index (χ3n) is 3.70. The Morgan fingerprint density at radius 1 is 1.07 bits per heavy atom. The topological polar surface area (TPSA) is 40.5 Å². The molecule has 0 aromatic heterocycles. The second-order valence-electron chi connectivity index (χ2n) is 4.59. The molecule has 0 unspecified atom stereocenters. The maximum atomic E-state index is 10.8. The Kier molecular flexibility index (Phi) is 3.06. The molecule has 0 aromatic carbocycles. The van der Waals surface area contributed by atoms with Crippen molar-refractivity contribution in [3.63, 3.8) is 0 Å². The molecule has 1 N–H and O–H groups in total. The molecule has 2 aliphatic rings. The van der Waals surface area contributed by atoms with E-state index < -0.39 is 5.97 Å². The molecule has 3 heteroatoms. The van der Waals surface area contributed by atoms with Crippen molar-refractivity contribution in [3.8, 4) is 0 Å². The van der Waals surface area contributed by atoms with E-state index in [1.54, 1.807) is 0 Å². The van der Waals surface area contributed by atoms with Gasteiger partial charge >= 0.3 is 5.97 Å². The fourth-order valence-corrected chi connectivity index (χ4v) is 2.79. The predicted octanol–water partition coefficient (Wildman–Crippen LogP) is 1.73. The highest BCUT2D eigenvalue weighted by atomic mass is 16.4. The minimum absolute atomic E-state index is 0.0612. The molecule has 0 atom stereocenters. The maximum Gasteiger partial charge on any atom is 0.306 e. The van der Waals surface area contributed by atoms with Crippen LogP contribution in [0.2, 0.25) is 0 Å². The summed E-state index contributed by atoms with van der Waals surface area (Å²) in [6, 6.07) is 0.688. The summed E-state index contributed by atoms with van der Waals surface area (Å²) in [6.07, 6.45) is 6.62. The van der Waals surface area contributed by atoms with E-state index in [0.717, 1.165) is 25.7 Å². The van der Waals surface area contributed by atoms with Crippen molar-refractivity contribution in [3.05, 3.63) is 0 Å². The van der Waals surface area contributed by atoms with E-state index in [9.17, 15) is 4.79 Å². The van der Waals surface area contributed by atoms with E-state index >= 15 is 0 Å². The number of carbonyl (C=O) groups is 1. The third kappa shape index (κ3) is 2.08. The van der Waals surface area contributed by atoms with E-state index in [1.807, 2.05) is 0 Å². The second-order valence-corrected chi connectivity index (χ2v) is 4.59. The van der Waals surface area contributed by atoms with E-state index in [4.69, 9.17) is 5.11 Å². The second kappa shape index (κ2) is 4.30. The smallest absolute Gasteiger partial charge is 0.306 e. The molecule has 0 radical (unpaired) electrons. The molecule has 2 rings (SSSR count). The van der Waals surface area contributed by atoms with Gasteiger partial charge in [-0.2, -0.15) is 0 Å². The highest BCUT2D eigenvalue weighted by molar-refractivity contribution is 5.70. The molecular weight excluding hydrogens is 178 g/mol. The molecule has 1 saturated carbocycles. The van der Waals surface area contributed by atoms with Crippen LogP contribution >= 0.6 is 0 Å². The van der Waals surface area contributed by atoms with Gasteiger partial charge < -0.3 is 10.0 Å². The molecule has 14 heavy (non-hydrogen) atoms. The van der Waals surface area contributed by atoms with Crippen molar-refractivity contribution in [2.45, 2.75) is 44.6 Å². The molecule has 80 valence electrons. The third-order valence-corrected chi connectivity index (χ3v) is 3.70. The lowest BCUT2D eigenvalue weighted by Gasteiger charge is -2.33. The summed E-state index contributed by atoms with van der Waals surface area (Å²) in [5.41, 5.74) is 0. The lowest BCUT2D eigenvalue weighted by Crippen LogP contribution is -2.37. The van der Waals surface area contributed by atoms with Gasteiger partial charge in [-0.3, -0.25) is 4.79 Å². The Morgan fingerprint density at radius 2 is 1.64 bits per heavy atom. The van der Waals surface area contributed by atoms with E-state index in [0.29, 0.717) is 6.04 Å². The van der Waals surface area contributed by atoms with E-state index in [2.05, 4.69) is 4.90 Å². The van der Waals surface area contributed by atoms with Crippen molar-refractivity contribution in [1.29, 1.82) is 0 Å². The van der Waals surface area contributed by atoms with Gasteiger partial charge in [0.25, 0.3) is 0 Å². The van der Waals surface area contributed by atoms with Crippen LogP contribution in [0.15, 0.2) is 0 Å². The minimum atomic E-state index is -0.593. The first-order valence-corrected chi connectivity index (χ1v) is 5.74. The molecule has 0 spiro atoms. The summed E-state index contributed by atoms with van der Waals surface area (Å²) in [5.74, 6) is -0.654. The van der Waals surface area contributed by atoms with Gasteiger partial charge in [0.15, 0.2) is 0 Å². The van der Waals surface area contributed by atoms with Crippen LogP contribution in [0, 0.1) is 5.92 Å². The molecule has 1 aliphatic heterocycles. The first-order valence-electron chi connectivity index (χ1n) is 5.74. The van der Waals surface area contributed by atoms with Crippen molar-refractivity contribution >= 4 is 5.97 Å². The van der Waals surface area contributed by atoms with Crippen LogP contribution in [0.4, 0.5) is 0 Å². The zero-order chi connectivity index (χ0) is 9.97. The van der Waals surface area contributed by atoms with Gasteiger partial charge in [0, 0.05) is 6.04 Å². The Hall–Kier alpha value is -0.570. The summed E-state index contributed by atoms with van der Waals surface area (Å²) in [4.78, 5) is 13.3. The van der Waals surface area contributed by atoms with Gasteiger partial charge in [-0.1, -0.05) is 0 Å². The molecule has 0 bridgehead atoms. The highest BCUT2D eigenvalue weighted by Crippen LogP contribution is 2.29. The highest BCUT2D eigenvalue weighted by Gasteiger charge is 2.29. The van der Waals surface area contributed by atoms with Crippen LogP contribution in [-0.4, -0.2) is 35.1 Å². The predicted molar refractivity (Wildman–Crippen MR) is 54.2 cm³/mol. The van der Waals surface area contributed by atoms with Crippen LogP contribution in [0.5, 0.6) is 0 Å². The standard InChI is InChI=1S/C11H19NO2/c13-11(14)9-3-5-10(6-4-9)12-7-1-2-8-12/h9-10H,1-8H2,(H,13,14). The maximum absolute atomic E-state index is 10.8. The van der Waals surface area contributed by atoms with Crippen LogP contribution in [-0.2, 0) is 4.79 Å². The number of likely N-dealkylation sites (tertiary alicyclic amines) is 1. The van der Waals surface area contributed by atoms with Gasteiger partial charge in [0.1, 0.15) is 0 Å². The minimum Gasteiger partial charge on any atom is -0.481 e. The number of carboxylic acid groups (broad SMARTS) is 1. The molecule has 1 heterocycles. The number of hydrogen-bond acceptors (Lipinski definition) is 2. The van der Waals surface area contributed by atoms with Crippen LogP contribution < -0.4 is 0 Å². The molecule has 1 saturated heterocycles. The van der Waals surface area contributed by atoms with Gasteiger partial charge in [-0.25, -0.2) is 0 Å². The zero-order valence-electron chi connectivity index (χ0n) is 8.61. The monoisotopic (exact) mass is 197 g/mol. The Labute approximate surface area is 85.1 Å². The molecular formula is C11H19NO2. The summed E-state index contributed by atoms with van der Waals surface area (Å²) in [5, 5.41) is 8.88. The van der Waals surface area contributed by atoms with Gasteiger partial charge in [0.05, 0.1) is 5.92 Å². The summed E-state index contributed by atoms with van der Waals surface area (Å²) in [7, 11) is 0. The molecule has 0 amide bonds. The summed E-state index contributed by atoms with van der Waals surface area (Å²) in [6.45, 7) is 2.48. The van der Waals surface area contributed by atoms with Crippen LogP contribution in [0.3, 0.4) is 0 Å². The zero-order valence-corrected chi connectivity index (χ0v) is 8.61. The number of aliphatic carboxylic acids is 1. The van der Waals surface area contributed by atoms with E-state index in [1.165, 1.54) is 25.9 Å². The fraction of sp³-hybridized carbons (Fsp3) is 0.909. The van der Waals surface area contributed by atoms with Crippen molar-refractivity contribution in [2.75, 3.05) is 13.1 Å². The summed E-state index contributed by atoms with van der Waals surface area (Å²) < 4.78 is 0. The van der Waals surface area contributed by atoms with Gasteiger partial charge in [-0.05, 0) is 51.6 Å². The van der Waals surface area contributed by atoms with Crippen LogP contribution in [0.1, 0.15) is 38.5 Å². The quantitative estimate of drug-likeness (QED) is 0.733. The molecule has 3 nitrogen and oxygen atoms in total. The van der Waals surface area contributed by atoms with Crippen molar-refractivity contribution < 1.29 is 9.90 Å². The molecule has 0 aromatic rings. The SMILES string of the molecule is O=C(O)C1CCC(N2CCCC2)CC1. The number of carboxylic acids is 1. The van der Waals surface area contributed by atoms with Crippen molar-refractivity contribution in [2.24, 2.45) is 5.92 Å². The Morgan fingerprint density at radius 3 is 2.14 bits per heavy atom. The number of rotatable bonds is 2. The number of nitrogens with zero attached hydrogens (tertiary/aromatic N) is 1.